The van der Waals surface area contributed by atoms with E-state index in [1.807, 2.05) is 0 Å². The Bertz CT molecular complexity index is 1140. The van der Waals surface area contributed by atoms with E-state index < -0.39 is 63.1 Å². The normalized spacial score (nSPS) is 22.0. The maximum absolute atomic E-state index is 12.8. The van der Waals surface area contributed by atoms with Gasteiger partial charge in [-0.1, -0.05) is 199 Å². The summed E-state index contributed by atoms with van der Waals surface area (Å²) in [6.45, 7) is 4.27. The summed E-state index contributed by atoms with van der Waals surface area (Å²) in [6, 6.07) is 0. The molecule has 13 heteroatoms. The van der Waals surface area contributed by atoms with Gasteiger partial charge in [0.1, 0.15) is 42.7 Å². The van der Waals surface area contributed by atoms with Crippen LogP contribution in [0.5, 0.6) is 0 Å². The zero-order valence-electron chi connectivity index (χ0n) is 39.9. The largest absolute Gasteiger partial charge is 0.472 e. The van der Waals surface area contributed by atoms with Crippen LogP contribution < -0.4 is 0 Å². The van der Waals surface area contributed by atoms with Gasteiger partial charge in [0.05, 0.1) is 13.2 Å². The van der Waals surface area contributed by atoms with E-state index in [-0.39, 0.29) is 13.0 Å². The van der Waals surface area contributed by atoms with Crippen LogP contribution in [0.4, 0.5) is 0 Å². The lowest BCUT2D eigenvalue weighted by Crippen LogP contribution is -2.64. The SMILES string of the molecule is CCCCCCC/C=C\C/C=C\CCCCCCCCCCCCOCC(COP(=O)(O)OC1C(O)C(O)C(O)C(O)C1O)OC(=O)CCCCCCCCCCCCCCCC. The van der Waals surface area contributed by atoms with Crippen LogP contribution in [0, 0.1) is 0 Å². The van der Waals surface area contributed by atoms with E-state index in [4.69, 9.17) is 18.5 Å². The Morgan fingerprint density at radius 1 is 0.508 bits per heavy atom. The smallest absolute Gasteiger partial charge is 0.457 e. The van der Waals surface area contributed by atoms with Gasteiger partial charge in [0.15, 0.2) is 0 Å². The molecule has 1 rings (SSSR count). The van der Waals surface area contributed by atoms with Crippen molar-refractivity contribution in [2.75, 3.05) is 19.8 Å². The molecule has 0 aromatic heterocycles. The molecule has 6 N–H and O–H groups in total. The molecule has 0 aromatic rings. The van der Waals surface area contributed by atoms with Gasteiger partial charge in [-0.15, -0.1) is 0 Å². The average molecular weight is 919 g/mol. The van der Waals surface area contributed by atoms with Gasteiger partial charge in [0.25, 0.3) is 0 Å². The first-order valence-electron chi connectivity index (χ1n) is 25.7. The van der Waals surface area contributed by atoms with Gasteiger partial charge in [-0.05, 0) is 44.9 Å². The number of carbonyl (C=O) groups is 1. The predicted octanol–water partition coefficient (Wildman–Crippen LogP) is 11.3. The lowest BCUT2D eigenvalue weighted by molar-refractivity contribution is -0.220. The number of hydrogen-bond donors (Lipinski definition) is 6. The highest BCUT2D eigenvalue weighted by atomic mass is 31.2. The number of esters is 1. The first-order chi connectivity index (χ1) is 30.5. The number of phosphoric acid groups is 1. The molecular formula is C50H95O12P. The van der Waals surface area contributed by atoms with E-state index in [0.29, 0.717) is 13.0 Å². The number of hydrogen-bond acceptors (Lipinski definition) is 11. The fraction of sp³-hybridized carbons (Fsp3) is 0.900. The molecule has 372 valence electrons. The zero-order valence-corrected chi connectivity index (χ0v) is 40.8. The van der Waals surface area contributed by atoms with Crippen molar-refractivity contribution in [2.24, 2.45) is 0 Å². The zero-order chi connectivity index (χ0) is 46.2. The van der Waals surface area contributed by atoms with E-state index in [0.717, 1.165) is 44.9 Å². The monoisotopic (exact) mass is 919 g/mol. The molecule has 0 aromatic carbocycles. The van der Waals surface area contributed by atoms with Crippen LogP contribution in [0.15, 0.2) is 24.3 Å². The molecule has 6 unspecified atom stereocenters. The Hall–Kier alpha value is -1.18. The van der Waals surface area contributed by atoms with Crippen molar-refractivity contribution >= 4 is 13.8 Å². The molecule has 12 nitrogen and oxygen atoms in total. The molecule has 0 bridgehead atoms. The van der Waals surface area contributed by atoms with E-state index in [9.17, 15) is 39.8 Å². The van der Waals surface area contributed by atoms with Gasteiger partial charge in [-0.25, -0.2) is 4.57 Å². The summed E-state index contributed by atoms with van der Waals surface area (Å²) in [5.74, 6) is -0.475. The summed E-state index contributed by atoms with van der Waals surface area (Å²) >= 11 is 0. The van der Waals surface area contributed by atoms with Gasteiger partial charge in [0.2, 0.25) is 0 Å². The minimum absolute atomic E-state index is 0.0745. The molecule has 1 fully saturated rings. The van der Waals surface area contributed by atoms with E-state index in [2.05, 4.69) is 38.2 Å². The van der Waals surface area contributed by atoms with Crippen LogP contribution in [0.3, 0.4) is 0 Å². The molecule has 0 amide bonds. The van der Waals surface area contributed by atoms with Crippen molar-refractivity contribution in [2.45, 2.75) is 268 Å². The van der Waals surface area contributed by atoms with Crippen molar-refractivity contribution in [1.29, 1.82) is 0 Å². The second-order valence-electron chi connectivity index (χ2n) is 18.0. The van der Waals surface area contributed by atoms with Crippen LogP contribution in [-0.4, -0.2) is 98.9 Å². The van der Waals surface area contributed by atoms with Crippen molar-refractivity contribution in [3.05, 3.63) is 24.3 Å². The van der Waals surface area contributed by atoms with Gasteiger partial charge >= 0.3 is 13.8 Å². The second kappa shape index (κ2) is 41.0. The second-order valence-corrected chi connectivity index (χ2v) is 19.4. The number of allylic oxidation sites excluding steroid dienone is 4. The van der Waals surface area contributed by atoms with Gasteiger partial charge in [0, 0.05) is 13.0 Å². The number of phosphoric ester groups is 1. The standard InChI is InChI=1S/C50H95O12P/c1-3-5-7-9-11-13-15-17-19-20-21-22-23-24-25-26-28-30-32-34-36-38-40-59-41-43(42-60-63(57,58)62-50-48(55)46(53)45(52)47(54)49(50)56)61-44(51)39-37-35-33-31-29-27-18-16-14-12-10-8-6-4-2/h15,17,20-21,43,45-50,52-56H,3-14,16,18-19,22-42H2,1-2H3,(H,57,58)/b17-15-,21-20-. The van der Waals surface area contributed by atoms with Gasteiger partial charge in [-0.2, -0.15) is 0 Å². The van der Waals surface area contributed by atoms with Crippen LogP contribution >= 0.6 is 7.82 Å². The topological polar surface area (TPSA) is 192 Å². The molecule has 0 aliphatic heterocycles. The molecular weight excluding hydrogens is 824 g/mol. The van der Waals surface area contributed by atoms with Crippen LogP contribution in [0.2, 0.25) is 0 Å². The van der Waals surface area contributed by atoms with Crippen molar-refractivity contribution in [1.82, 2.24) is 0 Å². The number of unbranched alkanes of at least 4 members (excludes halogenated alkanes) is 28. The molecule has 1 saturated carbocycles. The third kappa shape index (κ3) is 33.0. The number of ether oxygens (including phenoxy) is 2. The Balaban J connectivity index is 2.32. The van der Waals surface area contributed by atoms with Gasteiger partial charge < -0.3 is 39.9 Å². The summed E-state index contributed by atoms with van der Waals surface area (Å²) in [6.07, 6.45) is 35.3. The molecule has 0 heterocycles. The van der Waals surface area contributed by atoms with Crippen molar-refractivity contribution in [3.63, 3.8) is 0 Å². The lowest BCUT2D eigenvalue weighted by atomic mass is 9.85. The summed E-state index contributed by atoms with van der Waals surface area (Å²) in [5, 5.41) is 50.3. The first kappa shape index (κ1) is 59.8. The molecule has 0 radical (unpaired) electrons. The third-order valence-corrected chi connectivity index (χ3v) is 13.1. The quantitative estimate of drug-likeness (QED) is 0.0147. The van der Waals surface area contributed by atoms with E-state index >= 15 is 0 Å². The Morgan fingerprint density at radius 3 is 1.33 bits per heavy atom. The summed E-state index contributed by atoms with van der Waals surface area (Å²) < 4.78 is 34.3. The first-order valence-corrected chi connectivity index (χ1v) is 27.2. The number of rotatable bonds is 44. The predicted molar refractivity (Wildman–Crippen MR) is 253 cm³/mol. The molecule has 0 saturated heterocycles. The molecule has 1 aliphatic carbocycles. The van der Waals surface area contributed by atoms with Crippen LogP contribution in [-0.2, 0) is 27.9 Å². The third-order valence-electron chi connectivity index (χ3n) is 12.1. The van der Waals surface area contributed by atoms with Crippen LogP contribution in [0.25, 0.3) is 0 Å². The highest BCUT2D eigenvalue weighted by Gasteiger charge is 2.51. The molecule has 1 aliphatic rings. The lowest BCUT2D eigenvalue weighted by Gasteiger charge is -2.41. The van der Waals surface area contributed by atoms with E-state index in [1.165, 1.54) is 154 Å². The van der Waals surface area contributed by atoms with Crippen LogP contribution in [0.1, 0.15) is 226 Å². The van der Waals surface area contributed by atoms with Crippen molar-refractivity contribution in [3.8, 4) is 0 Å². The Labute approximate surface area is 383 Å². The number of carbonyl (C=O) groups excluding carboxylic acids is 1. The fourth-order valence-electron chi connectivity index (χ4n) is 7.98. The minimum atomic E-state index is -5.02. The fourth-order valence-corrected chi connectivity index (χ4v) is 8.95. The number of aliphatic hydroxyl groups is 5. The van der Waals surface area contributed by atoms with Crippen molar-refractivity contribution < 1.29 is 58.3 Å². The highest BCUT2D eigenvalue weighted by Crippen LogP contribution is 2.47. The maximum atomic E-state index is 12.8. The van der Waals surface area contributed by atoms with E-state index in [1.54, 1.807) is 0 Å². The van der Waals surface area contributed by atoms with Gasteiger partial charge in [-0.3, -0.25) is 13.8 Å². The summed E-state index contributed by atoms with van der Waals surface area (Å²) in [4.78, 5) is 23.2. The molecule has 0 spiro atoms. The maximum Gasteiger partial charge on any atom is 0.472 e. The minimum Gasteiger partial charge on any atom is -0.457 e. The average Bonchev–Trinajstić information content (AvgIpc) is 3.27. The Morgan fingerprint density at radius 2 is 0.889 bits per heavy atom. The summed E-state index contributed by atoms with van der Waals surface area (Å²) in [7, 11) is -5.02. The highest BCUT2D eigenvalue weighted by molar-refractivity contribution is 7.47. The molecule has 63 heavy (non-hydrogen) atoms. The Kier molecular flexibility index (Phi) is 39.0. The summed E-state index contributed by atoms with van der Waals surface area (Å²) in [5.41, 5.74) is 0. The number of aliphatic hydroxyl groups excluding tert-OH is 5. The molecule has 6 atom stereocenters.